The van der Waals surface area contributed by atoms with Gasteiger partial charge in [0.25, 0.3) is 0 Å². The van der Waals surface area contributed by atoms with E-state index in [1.54, 1.807) is 13.0 Å². The van der Waals surface area contributed by atoms with Crippen LogP contribution in [-0.2, 0) is 19.1 Å². The first-order chi connectivity index (χ1) is 7.85. The average molecular weight is 240 g/mol. The summed E-state index contributed by atoms with van der Waals surface area (Å²) in [5, 5.41) is 0. The highest BCUT2D eigenvalue weighted by Gasteiger charge is 2.34. The van der Waals surface area contributed by atoms with E-state index < -0.39 is 17.5 Å². The number of rotatable bonds is 3. The molecule has 0 aromatic carbocycles. The SMILES string of the molecule is CCOC(=O)C1=CCC[C@H]1C(=O)OC(C)(C)C. The lowest BCUT2D eigenvalue weighted by Crippen LogP contribution is -2.30. The zero-order valence-electron chi connectivity index (χ0n) is 10.9. The fourth-order valence-corrected chi connectivity index (χ4v) is 1.76. The summed E-state index contributed by atoms with van der Waals surface area (Å²) in [6.45, 7) is 7.50. The largest absolute Gasteiger partial charge is 0.463 e. The lowest BCUT2D eigenvalue weighted by molar-refractivity contribution is -0.160. The van der Waals surface area contributed by atoms with Crippen molar-refractivity contribution in [1.82, 2.24) is 0 Å². The summed E-state index contributed by atoms with van der Waals surface area (Å²) in [6.07, 6.45) is 3.12. The van der Waals surface area contributed by atoms with Crippen LogP contribution in [0.2, 0.25) is 0 Å². The minimum atomic E-state index is -0.528. The van der Waals surface area contributed by atoms with Gasteiger partial charge in [-0.15, -0.1) is 0 Å². The number of ether oxygens (including phenoxy) is 2. The van der Waals surface area contributed by atoms with Crippen LogP contribution in [0.1, 0.15) is 40.5 Å². The minimum absolute atomic E-state index is 0.317. The van der Waals surface area contributed by atoms with Crippen LogP contribution in [0.25, 0.3) is 0 Å². The Kier molecular flexibility index (Phi) is 4.32. The van der Waals surface area contributed by atoms with Crippen LogP contribution < -0.4 is 0 Å². The van der Waals surface area contributed by atoms with E-state index in [1.165, 1.54) is 0 Å². The second-order valence-corrected chi connectivity index (χ2v) is 5.04. The van der Waals surface area contributed by atoms with Crippen LogP contribution in [0.15, 0.2) is 11.6 Å². The van der Waals surface area contributed by atoms with Gasteiger partial charge in [0.2, 0.25) is 0 Å². The van der Waals surface area contributed by atoms with Crippen LogP contribution in [0, 0.1) is 5.92 Å². The number of hydrogen-bond acceptors (Lipinski definition) is 4. The van der Waals surface area contributed by atoms with E-state index in [-0.39, 0.29) is 5.97 Å². The summed E-state index contributed by atoms with van der Waals surface area (Å²) in [6, 6.07) is 0. The number of esters is 2. The van der Waals surface area contributed by atoms with Gasteiger partial charge in [-0.05, 0) is 40.5 Å². The van der Waals surface area contributed by atoms with Crippen molar-refractivity contribution in [2.24, 2.45) is 5.92 Å². The maximum atomic E-state index is 11.9. The third kappa shape index (κ3) is 3.88. The molecule has 0 amide bonds. The van der Waals surface area contributed by atoms with Gasteiger partial charge in [-0.2, -0.15) is 0 Å². The molecule has 0 saturated heterocycles. The lowest BCUT2D eigenvalue weighted by Gasteiger charge is -2.22. The fourth-order valence-electron chi connectivity index (χ4n) is 1.76. The van der Waals surface area contributed by atoms with E-state index >= 15 is 0 Å². The number of carbonyl (C=O) groups is 2. The number of hydrogen-bond donors (Lipinski definition) is 0. The number of allylic oxidation sites excluding steroid dienone is 1. The summed E-state index contributed by atoms with van der Waals surface area (Å²) < 4.78 is 10.2. The molecule has 1 aliphatic rings. The summed E-state index contributed by atoms with van der Waals surface area (Å²) in [7, 11) is 0. The topological polar surface area (TPSA) is 52.6 Å². The molecule has 0 saturated carbocycles. The van der Waals surface area contributed by atoms with Crippen LogP contribution in [0.4, 0.5) is 0 Å². The van der Waals surface area contributed by atoms with Gasteiger partial charge in [-0.1, -0.05) is 6.08 Å². The van der Waals surface area contributed by atoms with Crippen molar-refractivity contribution in [3.05, 3.63) is 11.6 Å². The molecule has 17 heavy (non-hydrogen) atoms. The van der Waals surface area contributed by atoms with Crippen molar-refractivity contribution in [2.75, 3.05) is 6.61 Å². The average Bonchev–Trinajstić information content (AvgIpc) is 2.63. The smallest absolute Gasteiger partial charge is 0.334 e. The standard InChI is InChI=1S/C13H20O4/c1-5-16-11(14)9-7-6-8-10(9)12(15)17-13(2,3)4/h7,10H,5-6,8H2,1-4H3/t10-/m1/s1. The van der Waals surface area contributed by atoms with E-state index in [0.29, 0.717) is 18.6 Å². The molecule has 0 unspecified atom stereocenters. The van der Waals surface area contributed by atoms with Crippen LogP contribution in [-0.4, -0.2) is 24.1 Å². The summed E-state index contributed by atoms with van der Waals surface area (Å²) >= 11 is 0. The highest BCUT2D eigenvalue weighted by atomic mass is 16.6. The maximum absolute atomic E-state index is 11.9. The van der Waals surface area contributed by atoms with E-state index in [4.69, 9.17) is 9.47 Å². The Morgan fingerprint density at radius 1 is 1.41 bits per heavy atom. The van der Waals surface area contributed by atoms with Crippen molar-refractivity contribution in [3.63, 3.8) is 0 Å². The van der Waals surface area contributed by atoms with Gasteiger partial charge < -0.3 is 9.47 Å². The fraction of sp³-hybridized carbons (Fsp3) is 0.692. The molecule has 96 valence electrons. The van der Waals surface area contributed by atoms with Crippen molar-refractivity contribution in [3.8, 4) is 0 Å². The van der Waals surface area contributed by atoms with Crippen molar-refractivity contribution in [2.45, 2.75) is 46.1 Å². The first-order valence-corrected chi connectivity index (χ1v) is 5.95. The quantitative estimate of drug-likeness (QED) is 0.710. The molecule has 0 fully saturated rings. The van der Waals surface area contributed by atoms with Gasteiger partial charge in [-0.3, -0.25) is 4.79 Å². The molecule has 0 bridgehead atoms. The van der Waals surface area contributed by atoms with E-state index in [1.807, 2.05) is 20.8 Å². The molecule has 0 radical (unpaired) electrons. The zero-order chi connectivity index (χ0) is 13.1. The Morgan fingerprint density at radius 2 is 2.06 bits per heavy atom. The minimum Gasteiger partial charge on any atom is -0.463 e. The van der Waals surface area contributed by atoms with E-state index in [0.717, 1.165) is 6.42 Å². The highest BCUT2D eigenvalue weighted by Crippen LogP contribution is 2.29. The van der Waals surface area contributed by atoms with Crippen LogP contribution in [0.3, 0.4) is 0 Å². The normalized spacial score (nSPS) is 19.8. The Bertz CT molecular complexity index is 336. The molecule has 4 nitrogen and oxygen atoms in total. The summed E-state index contributed by atoms with van der Waals surface area (Å²) in [5.74, 6) is -1.21. The highest BCUT2D eigenvalue weighted by molar-refractivity contribution is 5.96. The molecule has 0 heterocycles. The molecule has 1 atom stereocenters. The predicted octanol–water partition coefficient (Wildman–Crippen LogP) is 2.23. The van der Waals surface area contributed by atoms with Gasteiger partial charge in [0.15, 0.2) is 0 Å². The molecule has 0 aliphatic heterocycles. The molecule has 1 aliphatic carbocycles. The number of carbonyl (C=O) groups excluding carboxylic acids is 2. The first-order valence-electron chi connectivity index (χ1n) is 5.95. The Labute approximate surface area is 102 Å². The molecular formula is C13H20O4. The molecule has 0 aromatic rings. The molecule has 0 spiro atoms. The molecule has 0 N–H and O–H groups in total. The van der Waals surface area contributed by atoms with Crippen LogP contribution in [0.5, 0.6) is 0 Å². The Balaban J connectivity index is 2.69. The van der Waals surface area contributed by atoms with Gasteiger partial charge in [0.05, 0.1) is 12.5 Å². The molecule has 4 heteroatoms. The zero-order valence-corrected chi connectivity index (χ0v) is 10.9. The van der Waals surface area contributed by atoms with Crippen molar-refractivity contribution >= 4 is 11.9 Å². The third-order valence-electron chi connectivity index (χ3n) is 2.40. The second-order valence-electron chi connectivity index (χ2n) is 5.04. The Hall–Kier alpha value is -1.32. The van der Waals surface area contributed by atoms with Gasteiger partial charge in [-0.25, -0.2) is 4.79 Å². The summed E-state index contributed by atoms with van der Waals surface area (Å²) in [4.78, 5) is 23.5. The molecule has 0 aromatic heterocycles. The van der Waals surface area contributed by atoms with Crippen molar-refractivity contribution < 1.29 is 19.1 Å². The lowest BCUT2D eigenvalue weighted by atomic mass is 10.0. The Morgan fingerprint density at radius 3 is 2.59 bits per heavy atom. The second kappa shape index (κ2) is 5.34. The van der Waals surface area contributed by atoms with Crippen molar-refractivity contribution in [1.29, 1.82) is 0 Å². The van der Waals surface area contributed by atoms with Crippen LogP contribution >= 0.6 is 0 Å². The maximum Gasteiger partial charge on any atom is 0.334 e. The predicted molar refractivity (Wildman–Crippen MR) is 63.3 cm³/mol. The third-order valence-corrected chi connectivity index (χ3v) is 2.40. The molecular weight excluding hydrogens is 220 g/mol. The van der Waals surface area contributed by atoms with Gasteiger partial charge >= 0.3 is 11.9 Å². The van der Waals surface area contributed by atoms with E-state index in [2.05, 4.69) is 0 Å². The summed E-state index contributed by atoms with van der Waals surface area (Å²) in [5.41, 5.74) is -0.0829. The van der Waals surface area contributed by atoms with Gasteiger partial charge in [0.1, 0.15) is 5.60 Å². The monoisotopic (exact) mass is 240 g/mol. The van der Waals surface area contributed by atoms with E-state index in [9.17, 15) is 9.59 Å². The van der Waals surface area contributed by atoms with Gasteiger partial charge in [0, 0.05) is 5.57 Å². The molecule has 1 rings (SSSR count). The first kappa shape index (κ1) is 13.7.